The van der Waals surface area contributed by atoms with Gasteiger partial charge in [-0.3, -0.25) is 0 Å². The highest BCUT2D eigenvalue weighted by Crippen LogP contribution is 2.09. The zero-order valence-corrected chi connectivity index (χ0v) is 9.37. The highest BCUT2D eigenvalue weighted by atomic mass is 32.1. The fourth-order valence-electron chi connectivity index (χ4n) is 1.39. The Balaban J connectivity index is 1.68. The molecule has 0 atom stereocenters. The summed E-state index contributed by atoms with van der Waals surface area (Å²) < 4.78 is 5.60. The molecule has 0 bridgehead atoms. The van der Waals surface area contributed by atoms with Crippen molar-refractivity contribution in [3.05, 3.63) is 58.3 Å². The highest BCUT2D eigenvalue weighted by Gasteiger charge is 1.94. The summed E-state index contributed by atoms with van der Waals surface area (Å²) in [6, 6.07) is 14.5. The van der Waals surface area contributed by atoms with Gasteiger partial charge in [-0.15, -0.1) is 11.3 Å². The molecule has 2 aromatic rings. The van der Waals surface area contributed by atoms with Gasteiger partial charge in [0.1, 0.15) is 0 Å². The molecule has 0 radical (unpaired) electrons. The summed E-state index contributed by atoms with van der Waals surface area (Å²) in [6.45, 7) is 1.52. The molecule has 0 unspecified atom stereocenters. The summed E-state index contributed by atoms with van der Waals surface area (Å²) in [7, 11) is 0. The predicted octanol–water partition coefficient (Wildman–Crippen LogP) is 3.51. The van der Waals surface area contributed by atoms with Gasteiger partial charge in [0.25, 0.3) is 0 Å². The minimum Gasteiger partial charge on any atom is -0.376 e. The fourth-order valence-corrected chi connectivity index (χ4v) is 2.08. The van der Waals surface area contributed by atoms with Gasteiger partial charge in [0, 0.05) is 11.3 Å². The van der Waals surface area contributed by atoms with Crippen LogP contribution in [0, 0.1) is 0 Å². The van der Waals surface area contributed by atoms with Crippen LogP contribution in [0.5, 0.6) is 0 Å². The van der Waals surface area contributed by atoms with Gasteiger partial charge in [-0.05, 0) is 17.0 Å². The summed E-state index contributed by atoms with van der Waals surface area (Å²) in [5, 5.41) is 2.10. The molecule has 15 heavy (non-hydrogen) atoms. The van der Waals surface area contributed by atoms with Crippen LogP contribution in [0.2, 0.25) is 0 Å². The monoisotopic (exact) mass is 218 g/mol. The Labute approximate surface area is 94.3 Å². The van der Waals surface area contributed by atoms with E-state index in [1.807, 2.05) is 18.2 Å². The minimum absolute atomic E-state index is 0.714. The first-order valence-electron chi connectivity index (χ1n) is 5.09. The van der Waals surface area contributed by atoms with E-state index < -0.39 is 0 Å². The SMILES string of the molecule is c1ccc(COCCc2cccs2)cc1. The Kier molecular flexibility index (Phi) is 3.94. The van der Waals surface area contributed by atoms with E-state index in [0.717, 1.165) is 13.0 Å². The lowest BCUT2D eigenvalue weighted by molar-refractivity contribution is 0.124. The lowest BCUT2D eigenvalue weighted by Gasteiger charge is -2.02. The molecule has 1 nitrogen and oxygen atoms in total. The molecule has 78 valence electrons. The van der Waals surface area contributed by atoms with Crippen LogP contribution >= 0.6 is 11.3 Å². The zero-order valence-electron chi connectivity index (χ0n) is 8.56. The molecule has 0 saturated carbocycles. The van der Waals surface area contributed by atoms with Crippen molar-refractivity contribution in [1.29, 1.82) is 0 Å². The van der Waals surface area contributed by atoms with E-state index in [-0.39, 0.29) is 0 Å². The molecule has 0 amide bonds. The second-order valence-electron chi connectivity index (χ2n) is 3.37. The number of ether oxygens (including phenoxy) is 1. The number of hydrogen-bond acceptors (Lipinski definition) is 2. The van der Waals surface area contributed by atoms with Gasteiger partial charge in [-0.2, -0.15) is 0 Å². The summed E-state index contributed by atoms with van der Waals surface area (Å²) in [5.41, 5.74) is 1.24. The van der Waals surface area contributed by atoms with Crippen LogP contribution in [0.3, 0.4) is 0 Å². The molecule has 0 aliphatic carbocycles. The summed E-state index contributed by atoms with van der Waals surface area (Å²) in [4.78, 5) is 1.39. The maximum Gasteiger partial charge on any atom is 0.0717 e. The number of benzene rings is 1. The fraction of sp³-hybridized carbons (Fsp3) is 0.231. The van der Waals surface area contributed by atoms with Gasteiger partial charge in [0.2, 0.25) is 0 Å². The molecular formula is C13H14OS. The van der Waals surface area contributed by atoms with E-state index in [4.69, 9.17) is 4.74 Å². The van der Waals surface area contributed by atoms with Crippen molar-refractivity contribution < 1.29 is 4.74 Å². The van der Waals surface area contributed by atoms with Gasteiger partial charge >= 0.3 is 0 Å². The van der Waals surface area contributed by atoms with Crippen molar-refractivity contribution in [2.24, 2.45) is 0 Å². The second kappa shape index (κ2) is 5.69. The molecule has 2 heteroatoms. The van der Waals surface area contributed by atoms with Gasteiger partial charge in [-0.1, -0.05) is 36.4 Å². The van der Waals surface area contributed by atoms with Crippen LogP contribution in [0.15, 0.2) is 47.8 Å². The van der Waals surface area contributed by atoms with E-state index in [9.17, 15) is 0 Å². The summed E-state index contributed by atoms with van der Waals surface area (Å²) >= 11 is 1.79. The average Bonchev–Trinajstić information content (AvgIpc) is 2.79. The molecule has 1 aromatic carbocycles. The average molecular weight is 218 g/mol. The molecule has 0 aliphatic rings. The molecular weight excluding hydrogens is 204 g/mol. The predicted molar refractivity (Wildman–Crippen MR) is 64.1 cm³/mol. The molecule has 2 rings (SSSR count). The van der Waals surface area contributed by atoms with Gasteiger partial charge in [0.15, 0.2) is 0 Å². The first-order valence-corrected chi connectivity index (χ1v) is 5.97. The van der Waals surface area contributed by atoms with E-state index in [1.165, 1.54) is 10.4 Å². The van der Waals surface area contributed by atoms with Gasteiger partial charge in [0.05, 0.1) is 13.2 Å². The van der Waals surface area contributed by atoms with E-state index in [0.29, 0.717) is 6.61 Å². The quantitative estimate of drug-likeness (QED) is 0.698. The molecule has 0 spiro atoms. The lowest BCUT2D eigenvalue weighted by atomic mass is 10.2. The van der Waals surface area contributed by atoms with Gasteiger partial charge < -0.3 is 4.74 Å². The Hall–Kier alpha value is -1.12. The maximum absolute atomic E-state index is 5.60. The highest BCUT2D eigenvalue weighted by molar-refractivity contribution is 7.09. The Bertz CT molecular complexity index is 367. The molecule has 0 saturated heterocycles. The third-order valence-corrected chi connectivity index (χ3v) is 3.12. The standard InChI is InChI=1S/C13H14OS/c1-2-5-12(6-3-1)11-14-9-8-13-7-4-10-15-13/h1-7,10H,8-9,11H2. The molecule has 0 fully saturated rings. The first-order chi connectivity index (χ1) is 7.45. The van der Waals surface area contributed by atoms with Crippen molar-refractivity contribution in [2.75, 3.05) is 6.61 Å². The summed E-state index contributed by atoms with van der Waals surface area (Å²) in [5.74, 6) is 0. The van der Waals surface area contributed by atoms with Crippen LogP contribution in [0.1, 0.15) is 10.4 Å². The Morgan fingerprint density at radius 1 is 1.00 bits per heavy atom. The van der Waals surface area contributed by atoms with E-state index in [2.05, 4.69) is 29.6 Å². The maximum atomic E-state index is 5.60. The number of thiophene rings is 1. The van der Waals surface area contributed by atoms with Crippen LogP contribution in [-0.4, -0.2) is 6.61 Å². The number of rotatable bonds is 5. The van der Waals surface area contributed by atoms with Crippen molar-refractivity contribution >= 4 is 11.3 Å². The third-order valence-electron chi connectivity index (χ3n) is 2.18. The van der Waals surface area contributed by atoms with E-state index in [1.54, 1.807) is 11.3 Å². The van der Waals surface area contributed by atoms with Crippen molar-refractivity contribution in [3.8, 4) is 0 Å². The van der Waals surface area contributed by atoms with Gasteiger partial charge in [-0.25, -0.2) is 0 Å². The Morgan fingerprint density at radius 3 is 2.60 bits per heavy atom. The summed E-state index contributed by atoms with van der Waals surface area (Å²) in [6.07, 6.45) is 1.02. The molecule has 1 aromatic heterocycles. The van der Waals surface area contributed by atoms with Crippen molar-refractivity contribution in [3.63, 3.8) is 0 Å². The van der Waals surface area contributed by atoms with Crippen molar-refractivity contribution in [2.45, 2.75) is 13.0 Å². The number of hydrogen-bond donors (Lipinski definition) is 0. The van der Waals surface area contributed by atoms with Crippen LogP contribution in [0.4, 0.5) is 0 Å². The minimum atomic E-state index is 0.714. The van der Waals surface area contributed by atoms with Crippen LogP contribution < -0.4 is 0 Å². The molecule has 0 aliphatic heterocycles. The lowest BCUT2D eigenvalue weighted by Crippen LogP contribution is -1.97. The second-order valence-corrected chi connectivity index (χ2v) is 4.40. The topological polar surface area (TPSA) is 9.23 Å². The third kappa shape index (κ3) is 3.50. The van der Waals surface area contributed by atoms with Crippen LogP contribution in [0.25, 0.3) is 0 Å². The largest absolute Gasteiger partial charge is 0.376 e. The normalized spacial score (nSPS) is 10.4. The van der Waals surface area contributed by atoms with Crippen LogP contribution in [-0.2, 0) is 17.8 Å². The zero-order chi connectivity index (χ0) is 10.3. The smallest absolute Gasteiger partial charge is 0.0717 e. The van der Waals surface area contributed by atoms with Crippen molar-refractivity contribution in [1.82, 2.24) is 0 Å². The molecule has 0 N–H and O–H groups in total. The van der Waals surface area contributed by atoms with E-state index >= 15 is 0 Å². The molecule has 1 heterocycles. The Morgan fingerprint density at radius 2 is 1.87 bits per heavy atom. The first kappa shape index (κ1) is 10.4.